The van der Waals surface area contributed by atoms with Gasteiger partial charge in [-0.2, -0.15) is 9.35 Å². The lowest BCUT2D eigenvalue weighted by Crippen LogP contribution is -2.50. The highest BCUT2D eigenvalue weighted by atomic mass is 32.2. The first-order valence-corrected chi connectivity index (χ1v) is 10.3. The summed E-state index contributed by atoms with van der Waals surface area (Å²) < 4.78 is 26.0. The van der Waals surface area contributed by atoms with E-state index in [0.29, 0.717) is 25.4 Å². The molecular formula is C15H24N5O6S-. The summed E-state index contributed by atoms with van der Waals surface area (Å²) in [5.41, 5.74) is 2.44. The van der Waals surface area contributed by atoms with E-state index in [2.05, 4.69) is 20.0 Å². The van der Waals surface area contributed by atoms with Crippen LogP contribution in [0.2, 0.25) is 0 Å². The van der Waals surface area contributed by atoms with Gasteiger partial charge in [-0.05, 0) is 31.7 Å². The minimum Gasteiger partial charge on any atom is -0.748 e. The highest BCUT2D eigenvalue weighted by molar-refractivity contribution is 7.74. The maximum Gasteiger partial charge on any atom is 0.346 e. The first kappa shape index (κ1) is 19.0. The van der Waals surface area contributed by atoms with E-state index in [1.54, 1.807) is 0 Å². The summed E-state index contributed by atoms with van der Waals surface area (Å²) in [5.74, 6) is 0.220. The molecule has 4 fully saturated rings. The molecule has 5 atom stereocenters. The van der Waals surface area contributed by atoms with Gasteiger partial charge >= 0.3 is 6.03 Å². The summed E-state index contributed by atoms with van der Waals surface area (Å²) in [5, 5.41) is 4.23. The van der Waals surface area contributed by atoms with Crippen LogP contribution in [-0.2, 0) is 25.3 Å². The van der Waals surface area contributed by atoms with E-state index in [1.807, 2.05) is 0 Å². The molecule has 0 radical (unpaired) electrons. The highest BCUT2D eigenvalue weighted by Crippen LogP contribution is 2.30. The topological polar surface area (TPSA) is 126 Å². The van der Waals surface area contributed by atoms with Crippen molar-refractivity contribution in [2.45, 2.75) is 37.4 Å². The molecule has 0 aromatic carbocycles. The number of hydroxylamine groups is 3. The van der Waals surface area contributed by atoms with Gasteiger partial charge in [0.05, 0.1) is 12.6 Å². The van der Waals surface area contributed by atoms with Crippen LogP contribution in [0.4, 0.5) is 4.79 Å². The average Bonchev–Trinajstić information content (AvgIpc) is 3.29. The Balaban J connectivity index is 1.21. The van der Waals surface area contributed by atoms with Crippen LogP contribution in [0.25, 0.3) is 0 Å². The molecule has 3 unspecified atom stereocenters. The van der Waals surface area contributed by atoms with Crippen molar-refractivity contribution < 1.29 is 27.5 Å². The van der Waals surface area contributed by atoms with Gasteiger partial charge in [-0.15, -0.1) is 0 Å². The van der Waals surface area contributed by atoms with E-state index >= 15 is 0 Å². The number of amides is 3. The van der Waals surface area contributed by atoms with E-state index in [-0.39, 0.29) is 18.6 Å². The predicted molar refractivity (Wildman–Crippen MR) is 91.2 cm³/mol. The summed E-state index contributed by atoms with van der Waals surface area (Å²) in [6.45, 7) is 5.09. The number of carbonyl (C=O) groups is 2. The minimum atomic E-state index is -2.82. The summed E-state index contributed by atoms with van der Waals surface area (Å²) in [7, 11) is 0. The van der Waals surface area contributed by atoms with E-state index in [1.165, 1.54) is 18.0 Å². The molecular weight excluding hydrogens is 378 g/mol. The van der Waals surface area contributed by atoms with Crippen LogP contribution < -0.4 is 10.8 Å². The van der Waals surface area contributed by atoms with Crippen LogP contribution in [0.5, 0.6) is 0 Å². The third-order valence-electron chi connectivity index (χ3n) is 5.59. The van der Waals surface area contributed by atoms with Crippen LogP contribution in [0, 0.1) is 5.92 Å². The van der Waals surface area contributed by atoms with Gasteiger partial charge < -0.3 is 19.7 Å². The summed E-state index contributed by atoms with van der Waals surface area (Å²) in [4.78, 5) is 33.8. The number of nitrogens with one attached hydrogen (secondary N) is 2. The summed E-state index contributed by atoms with van der Waals surface area (Å²) in [6, 6.07) is -1.45. The number of hydrogen-bond acceptors (Lipinski definition) is 8. The van der Waals surface area contributed by atoms with Gasteiger partial charge in [-0.25, -0.2) is 14.5 Å². The molecule has 0 saturated carbocycles. The third-order valence-corrected chi connectivity index (χ3v) is 5.88. The van der Waals surface area contributed by atoms with Gasteiger partial charge in [0.2, 0.25) is 0 Å². The van der Waals surface area contributed by atoms with Crippen molar-refractivity contribution in [1.29, 1.82) is 0 Å². The van der Waals surface area contributed by atoms with Gasteiger partial charge in [-0.1, -0.05) is 0 Å². The molecule has 2 N–H and O–H groups in total. The molecule has 12 heteroatoms. The third kappa shape index (κ3) is 4.41. The molecule has 11 nitrogen and oxygen atoms in total. The summed E-state index contributed by atoms with van der Waals surface area (Å²) in [6.07, 6.45) is 1.93. The molecule has 4 aliphatic rings. The SMILES string of the molecule is O=C(NOC[C@@H]1C[C@@H](CN2CC2)CN1)C1CCC2CN1C(=O)N2OS(=O)[O-]. The molecule has 152 valence electrons. The highest BCUT2D eigenvalue weighted by Gasteiger charge is 2.48. The predicted octanol–water partition coefficient (Wildman–Crippen LogP) is -1.68. The number of urea groups is 1. The van der Waals surface area contributed by atoms with Gasteiger partial charge in [0, 0.05) is 32.2 Å². The molecule has 3 amide bonds. The van der Waals surface area contributed by atoms with E-state index in [0.717, 1.165) is 24.6 Å². The number of hydrogen-bond donors (Lipinski definition) is 2. The van der Waals surface area contributed by atoms with E-state index in [4.69, 9.17) is 4.84 Å². The van der Waals surface area contributed by atoms with Gasteiger partial charge in [0.15, 0.2) is 0 Å². The Bertz CT molecular complexity index is 620. The minimum absolute atomic E-state index is 0.204. The zero-order chi connectivity index (χ0) is 19.0. The lowest BCUT2D eigenvalue weighted by molar-refractivity contribution is -0.139. The average molecular weight is 402 g/mol. The van der Waals surface area contributed by atoms with Crippen LogP contribution in [0.3, 0.4) is 0 Å². The second kappa shape index (κ2) is 7.97. The van der Waals surface area contributed by atoms with Gasteiger partial charge in [-0.3, -0.25) is 9.63 Å². The van der Waals surface area contributed by atoms with Crippen molar-refractivity contribution >= 4 is 23.3 Å². The maximum absolute atomic E-state index is 12.4. The number of piperidine rings is 1. The van der Waals surface area contributed by atoms with Crippen molar-refractivity contribution in [3.8, 4) is 0 Å². The fourth-order valence-electron chi connectivity index (χ4n) is 4.14. The molecule has 0 aromatic heterocycles. The van der Waals surface area contributed by atoms with Crippen LogP contribution in [0.15, 0.2) is 0 Å². The monoisotopic (exact) mass is 402 g/mol. The summed E-state index contributed by atoms with van der Waals surface area (Å²) >= 11 is -2.82. The second-order valence-corrected chi connectivity index (χ2v) is 8.13. The molecule has 0 aromatic rings. The number of carbonyl (C=O) groups excluding carboxylic acids is 2. The fraction of sp³-hybridized carbons (Fsp3) is 0.867. The molecule has 2 bridgehead atoms. The van der Waals surface area contributed by atoms with Gasteiger partial charge in [0.1, 0.15) is 17.4 Å². The lowest BCUT2D eigenvalue weighted by Gasteiger charge is -2.29. The maximum atomic E-state index is 12.4. The van der Waals surface area contributed by atoms with Crippen molar-refractivity contribution in [1.82, 2.24) is 25.7 Å². The number of nitrogens with zero attached hydrogens (tertiary/aromatic N) is 3. The molecule has 0 aliphatic carbocycles. The number of fused-ring (bicyclic) bond motifs is 2. The normalized spacial score (nSPS) is 34.2. The molecule has 4 saturated heterocycles. The quantitative estimate of drug-likeness (QED) is 0.280. The van der Waals surface area contributed by atoms with Crippen LogP contribution in [-0.4, -0.2) is 93.0 Å². The Morgan fingerprint density at radius 3 is 2.93 bits per heavy atom. The van der Waals surface area contributed by atoms with Crippen molar-refractivity contribution in [2.24, 2.45) is 5.92 Å². The van der Waals surface area contributed by atoms with Gasteiger partial charge in [0.25, 0.3) is 5.91 Å². The van der Waals surface area contributed by atoms with E-state index < -0.39 is 29.3 Å². The smallest absolute Gasteiger partial charge is 0.346 e. The molecule has 4 heterocycles. The van der Waals surface area contributed by atoms with E-state index in [9.17, 15) is 18.4 Å². The fourth-order valence-corrected chi connectivity index (χ4v) is 4.45. The lowest BCUT2D eigenvalue weighted by atomic mass is 10.0. The zero-order valence-corrected chi connectivity index (χ0v) is 15.7. The number of rotatable bonds is 8. The molecule has 4 rings (SSSR count). The second-order valence-electron chi connectivity index (χ2n) is 7.57. The Kier molecular flexibility index (Phi) is 5.62. The Hall–Kier alpha value is -1.31. The Morgan fingerprint density at radius 1 is 1.37 bits per heavy atom. The molecule has 27 heavy (non-hydrogen) atoms. The van der Waals surface area contributed by atoms with Crippen molar-refractivity contribution in [3.63, 3.8) is 0 Å². The first-order valence-electron chi connectivity index (χ1n) is 9.26. The standard InChI is InChI=1S/C15H25N5O6S/c21-14(17-25-9-11-5-10(6-16-11)7-18-3-4-18)13-2-1-12-8-19(13)15(22)20(12)26-27(23)24/h10-13,16H,1-9H2,(H,17,21)(H,23,24)/p-1/t10-,11+,12?,13?/m1/s1. The zero-order valence-electron chi connectivity index (χ0n) is 14.9. The molecule has 4 aliphatic heterocycles. The van der Waals surface area contributed by atoms with Crippen molar-refractivity contribution in [2.75, 3.05) is 39.3 Å². The largest absolute Gasteiger partial charge is 0.748 e. The first-order chi connectivity index (χ1) is 13.0. The molecule has 0 spiro atoms. The Morgan fingerprint density at radius 2 is 2.19 bits per heavy atom. The van der Waals surface area contributed by atoms with Crippen LogP contribution in [0.1, 0.15) is 19.3 Å². The van der Waals surface area contributed by atoms with Crippen molar-refractivity contribution in [3.05, 3.63) is 0 Å². The van der Waals surface area contributed by atoms with Crippen LogP contribution >= 0.6 is 0 Å². The Labute approximate surface area is 159 Å².